The molecule has 1 aliphatic heterocycles. The zero-order valence-electron chi connectivity index (χ0n) is 7.92. The monoisotopic (exact) mass is 191 g/mol. The van der Waals surface area contributed by atoms with E-state index in [2.05, 4.69) is 5.32 Å². The van der Waals surface area contributed by atoms with E-state index in [4.69, 9.17) is 5.11 Å². The third-order valence-corrected chi connectivity index (χ3v) is 2.42. The fraction of sp³-hybridized carbons (Fsp3) is 0.364. The Labute approximate surface area is 82.8 Å². The molecule has 1 heterocycles. The quantitative estimate of drug-likeness (QED) is 0.751. The van der Waals surface area contributed by atoms with Crippen LogP contribution in [0.2, 0.25) is 0 Å². The van der Waals surface area contributed by atoms with Gasteiger partial charge in [-0.25, -0.2) is 0 Å². The smallest absolute Gasteiger partial charge is 0.228 e. The number of fused-ring (bicyclic) bond motifs is 1. The van der Waals surface area contributed by atoms with E-state index in [1.165, 1.54) is 5.56 Å². The lowest BCUT2D eigenvalue weighted by Crippen LogP contribution is -2.03. The van der Waals surface area contributed by atoms with Crippen LogP contribution in [0.25, 0.3) is 0 Å². The summed E-state index contributed by atoms with van der Waals surface area (Å²) in [6, 6.07) is 5.98. The molecule has 2 rings (SSSR count). The molecule has 0 radical (unpaired) electrons. The van der Waals surface area contributed by atoms with E-state index in [1.807, 2.05) is 18.2 Å². The van der Waals surface area contributed by atoms with Gasteiger partial charge in [-0.2, -0.15) is 0 Å². The molecule has 0 saturated carbocycles. The standard InChI is InChI=1S/C11H13NO2/c13-5-1-2-8-3-4-10-9(6-8)7-11(14)12-10/h3-4,6,13H,1-2,5,7H2,(H,12,14). The number of aryl methyl sites for hydroxylation is 1. The highest BCUT2D eigenvalue weighted by Gasteiger charge is 2.16. The van der Waals surface area contributed by atoms with E-state index in [0.717, 1.165) is 24.1 Å². The summed E-state index contributed by atoms with van der Waals surface area (Å²) in [5, 5.41) is 11.5. The van der Waals surface area contributed by atoms with E-state index >= 15 is 0 Å². The van der Waals surface area contributed by atoms with Gasteiger partial charge in [0.1, 0.15) is 0 Å². The van der Waals surface area contributed by atoms with Crippen molar-refractivity contribution in [1.29, 1.82) is 0 Å². The number of amides is 1. The Bertz CT molecular complexity index is 360. The highest BCUT2D eigenvalue weighted by atomic mass is 16.2. The summed E-state index contributed by atoms with van der Waals surface area (Å²) in [5.74, 6) is 0.0688. The summed E-state index contributed by atoms with van der Waals surface area (Å²) in [4.78, 5) is 11.1. The molecule has 1 aromatic carbocycles. The van der Waals surface area contributed by atoms with Crippen molar-refractivity contribution in [3.05, 3.63) is 29.3 Å². The summed E-state index contributed by atoms with van der Waals surface area (Å²) < 4.78 is 0. The Balaban J connectivity index is 2.16. The summed E-state index contributed by atoms with van der Waals surface area (Å²) in [6.45, 7) is 0.217. The van der Waals surface area contributed by atoms with Gasteiger partial charge in [0.05, 0.1) is 6.42 Å². The van der Waals surface area contributed by atoms with Crippen molar-refractivity contribution < 1.29 is 9.90 Å². The maximum absolute atomic E-state index is 11.1. The molecule has 0 saturated heterocycles. The summed E-state index contributed by atoms with van der Waals surface area (Å²) >= 11 is 0. The first-order valence-corrected chi connectivity index (χ1v) is 4.82. The van der Waals surface area contributed by atoms with Crippen LogP contribution >= 0.6 is 0 Å². The molecule has 3 heteroatoms. The van der Waals surface area contributed by atoms with Crippen LogP contribution in [0.15, 0.2) is 18.2 Å². The molecule has 1 amide bonds. The fourth-order valence-corrected chi connectivity index (χ4v) is 1.72. The minimum atomic E-state index is 0.0688. The number of nitrogens with one attached hydrogen (secondary N) is 1. The molecule has 0 unspecified atom stereocenters. The third kappa shape index (κ3) is 1.77. The average molecular weight is 191 g/mol. The van der Waals surface area contributed by atoms with E-state index in [9.17, 15) is 4.79 Å². The fourth-order valence-electron chi connectivity index (χ4n) is 1.72. The lowest BCUT2D eigenvalue weighted by molar-refractivity contribution is -0.115. The molecule has 0 aromatic heterocycles. The van der Waals surface area contributed by atoms with Crippen molar-refractivity contribution in [1.82, 2.24) is 0 Å². The van der Waals surface area contributed by atoms with Gasteiger partial charge in [-0.15, -0.1) is 0 Å². The molecule has 1 aliphatic rings. The van der Waals surface area contributed by atoms with Crippen molar-refractivity contribution in [2.75, 3.05) is 11.9 Å². The van der Waals surface area contributed by atoms with Gasteiger partial charge >= 0.3 is 0 Å². The molecule has 1 aromatic rings. The molecule has 3 nitrogen and oxygen atoms in total. The maximum atomic E-state index is 11.1. The van der Waals surface area contributed by atoms with Crippen LogP contribution in [0.5, 0.6) is 0 Å². The van der Waals surface area contributed by atoms with Gasteiger partial charge in [-0.05, 0) is 30.0 Å². The van der Waals surface area contributed by atoms with Gasteiger partial charge in [0.15, 0.2) is 0 Å². The molecule has 0 bridgehead atoms. The Morgan fingerprint density at radius 2 is 2.29 bits per heavy atom. The predicted octanol–water partition coefficient (Wildman–Crippen LogP) is 1.11. The molecule has 74 valence electrons. The van der Waals surface area contributed by atoms with Crippen LogP contribution in [-0.4, -0.2) is 17.6 Å². The highest BCUT2D eigenvalue weighted by Crippen LogP contribution is 2.24. The summed E-state index contributed by atoms with van der Waals surface area (Å²) in [7, 11) is 0. The zero-order valence-corrected chi connectivity index (χ0v) is 7.92. The number of benzene rings is 1. The predicted molar refractivity (Wildman–Crippen MR) is 54.2 cm³/mol. The van der Waals surface area contributed by atoms with E-state index in [-0.39, 0.29) is 12.5 Å². The zero-order chi connectivity index (χ0) is 9.97. The van der Waals surface area contributed by atoms with Crippen LogP contribution in [0, 0.1) is 0 Å². The second-order valence-electron chi connectivity index (χ2n) is 3.54. The minimum absolute atomic E-state index is 0.0688. The van der Waals surface area contributed by atoms with E-state index < -0.39 is 0 Å². The third-order valence-electron chi connectivity index (χ3n) is 2.42. The van der Waals surface area contributed by atoms with Gasteiger partial charge in [0.2, 0.25) is 5.91 Å². The van der Waals surface area contributed by atoms with Crippen molar-refractivity contribution in [3.63, 3.8) is 0 Å². The SMILES string of the molecule is O=C1Cc2cc(CCCO)ccc2N1. The van der Waals surface area contributed by atoms with Crippen LogP contribution in [0.3, 0.4) is 0 Å². The summed E-state index contributed by atoms with van der Waals surface area (Å²) in [5.41, 5.74) is 3.20. The highest BCUT2D eigenvalue weighted by molar-refractivity contribution is 5.99. The molecular formula is C11H13NO2. The summed E-state index contributed by atoms with van der Waals surface area (Å²) in [6.07, 6.45) is 2.14. The van der Waals surface area contributed by atoms with Gasteiger partial charge in [0, 0.05) is 12.3 Å². The Morgan fingerprint density at radius 1 is 1.43 bits per heavy atom. The second kappa shape index (κ2) is 3.80. The lowest BCUT2D eigenvalue weighted by atomic mass is 10.0. The second-order valence-corrected chi connectivity index (χ2v) is 3.54. The molecular weight excluding hydrogens is 178 g/mol. The van der Waals surface area contributed by atoms with Crippen LogP contribution in [0.1, 0.15) is 17.5 Å². The topological polar surface area (TPSA) is 49.3 Å². The van der Waals surface area contributed by atoms with Gasteiger partial charge in [-0.1, -0.05) is 12.1 Å². The van der Waals surface area contributed by atoms with Crippen LogP contribution in [0.4, 0.5) is 5.69 Å². The number of anilines is 1. The average Bonchev–Trinajstić information content (AvgIpc) is 2.54. The molecule has 2 N–H and O–H groups in total. The van der Waals surface area contributed by atoms with Gasteiger partial charge in [0.25, 0.3) is 0 Å². The largest absolute Gasteiger partial charge is 0.396 e. The Hall–Kier alpha value is -1.35. The van der Waals surface area contributed by atoms with Crippen LogP contribution < -0.4 is 5.32 Å². The first-order valence-electron chi connectivity index (χ1n) is 4.82. The number of carbonyl (C=O) groups excluding carboxylic acids is 1. The van der Waals surface area contributed by atoms with Crippen molar-refractivity contribution in [3.8, 4) is 0 Å². The molecule has 0 spiro atoms. The lowest BCUT2D eigenvalue weighted by Gasteiger charge is -2.02. The van der Waals surface area contributed by atoms with E-state index in [0.29, 0.717) is 6.42 Å². The number of carbonyl (C=O) groups is 1. The molecule has 0 fully saturated rings. The number of aliphatic hydroxyl groups is 1. The molecule has 0 atom stereocenters. The maximum Gasteiger partial charge on any atom is 0.228 e. The number of aliphatic hydroxyl groups excluding tert-OH is 1. The van der Waals surface area contributed by atoms with Gasteiger partial charge in [-0.3, -0.25) is 4.79 Å². The first-order chi connectivity index (χ1) is 6.79. The number of hydrogen-bond donors (Lipinski definition) is 2. The van der Waals surface area contributed by atoms with Crippen LogP contribution in [-0.2, 0) is 17.6 Å². The Kier molecular flexibility index (Phi) is 2.50. The number of rotatable bonds is 3. The van der Waals surface area contributed by atoms with Crippen molar-refractivity contribution in [2.24, 2.45) is 0 Å². The van der Waals surface area contributed by atoms with Crippen molar-refractivity contribution in [2.45, 2.75) is 19.3 Å². The minimum Gasteiger partial charge on any atom is -0.396 e. The Morgan fingerprint density at radius 3 is 3.07 bits per heavy atom. The van der Waals surface area contributed by atoms with E-state index in [1.54, 1.807) is 0 Å². The number of hydrogen-bond acceptors (Lipinski definition) is 2. The van der Waals surface area contributed by atoms with Crippen molar-refractivity contribution >= 4 is 11.6 Å². The first kappa shape index (κ1) is 9.21. The normalized spacial score (nSPS) is 13.9. The molecule has 14 heavy (non-hydrogen) atoms. The van der Waals surface area contributed by atoms with Gasteiger partial charge < -0.3 is 10.4 Å². The molecule has 0 aliphatic carbocycles.